The zero-order valence-corrected chi connectivity index (χ0v) is 8.64. The van der Waals surface area contributed by atoms with Gasteiger partial charge in [0.15, 0.2) is 11.5 Å². The van der Waals surface area contributed by atoms with Gasteiger partial charge < -0.3 is 13.8 Å². The first-order chi connectivity index (χ1) is 6.31. The van der Waals surface area contributed by atoms with Crippen LogP contribution in [0.25, 0.3) is 0 Å². The Hall–Kier alpha value is -0.500. The van der Waals surface area contributed by atoms with Gasteiger partial charge in [-0.05, 0) is 17.3 Å². The van der Waals surface area contributed by atoms with Crippen molar-refractivity contribution in [3.05, 3.63) is 23.8 Å². The Morgan fingerprint density at radius 3 is 3.15 bits per heavy atom. The molecule has 2 rings (SSSR count). The molecule has 5 heteroatoms. The van der Waals surface area contributed by atoms with Gasteiger partial charge in [0, 0.05) is 5.56 Å². The molecule has 0 saturated heterocycles. The number of halogens is 1. The quantitative estimate of drug-likeness (QED) is 0.678. The van der Waals surface area contributed by atoms with Crippen molar-refractivity contribution in [2.45, 2.75) is 6.61 Å². The Morgan fingerprint density at radius 1 is 1.54 bits per heavy atom. The summed E-state index contributed by atoms with van der Waals surface area (Å²) in [6.07, 6.45) is 0. The molecule has 1 heterocycles. The van der Waals surface area contributed by atoms with Gasteiger partial charge in [-0.15, -0.1) is 0 Å². The maximum atomic E-state index is 5.74. The normalized spacial score (nSPS) is 20.3. The summed E-state index contributed by atoms with van der Waals surface area (Å²) in [5.74, 6) is 1.41. The van der Waals surface area contributed by atoms with Gasteiger partial charge in [0.25, 0.3) is 0 Å². The fourth-order valence-electron chi connectivity index (χ4n) is 1.16. The Labute approximate surface area is 82.3 Å². The first kappa shape index (κ1) is 9.07. The van der Waals surface area contributed by atoms with Crippen LogP contribution in [-0.2, 0) is 11.1 Å². The van der Waals surface area contributed by atoms with Crippen molar-refractivity contribution in [3.8, 4) is 11.5 Å². The molecule has 0 spiro atoms. The number of hydrogen-bond acceptors (Lipinski definition) is 3. The lowest BCUT2D eigenvalue weighted by molar-refractivity contribution is 0.280. The molecule has 1 unspecified atom stereocenters. The fourth-order valence-corrected chi connectivity index (χ4v) is 2.16. The molecule has 1 aromatic carbocycles. The summed E-state index contributed by atoms with van der Waals surface area (Å²) < 4.78 is 15.6. The average molecular weight is 219 g/mol. The van der Waals surface area contributed by atoms with Crippen LogP contribution in [0, 0.1) is 0 Å². The van der Waals surface area contributed by atoms with Gasteiger partial charge in [0.1, 0.15) is 0 Å². The molecular formula is C8H8ClO3P. The summed E-state index contributed by atoms with van der Waals surface area (Å²) in [6.45, 7) is 0.488. The number of rotatable bonds is 1. The Morgan fingerprint density at radius 2 is 2.38 bits per heavy atom. The van der Waals surface area contributed by atoms with Crippen LogP contribution < -0.4 is 9.26 Å². The number of benzene rings is 1. The molecule has 1 atom stereocenters. The van der Waals surface area contributed by atoms with E-state index in [9.17, 15) is 0 Å². The van der Waals surface area contributed by atoms with Crippen molar-refractivity contribution in [3.63, 3.8) is 0 Å². The van der Waals surface area contributed by atoms with E-state index >= 15 is 0 Å². The van der Waals surface area contributed by atoms with Gasteiger partial charge in [-0.1, -0.05) is 12.1 Å². The molecule has 0 saturated carbocycles. The molecule has 0 aliphatic carbocycles. The predicted octanol–water partition coefficient (Wildman–Crippen LogP) is 3.07. The van der Waals surface area contributed by atoms with Gasteiger partial charge in [-0.2, -0.15) is 0 Å². The maximum Gasteiger partial charge on any atom is 0.338 e. The van der Waals surface area contributed by atoms with E-state index in [4.69, 9.17) is 25.0 Å². The van der Waals surface area contributed by atoms with E-state index in [1.165, 1.54) is 0 Å². The largest absolute Gasteiger partial charge is 0.493 e. The Bertz CT molecular complexity index is 304. The molecule has 0 bridgehead atoms. The third kappa shape index (κ3) is 1.73. The van der Waals surface area contributed by atoms with E-state index in [1.54, 1.807) is 7.11 Å². The minimum Gasteiger partial charge on any atom is -0.493 e. The summed E-state index contributed by atoms with van der Waals surface area (Å²) in [5.41, 5.74) is 0.971. The zero-order valence-electron chi connectivity index (χ0n) is 6.99. The standard InChI is InChI=1S/C8H8ClO3P/c1-10-7-4-2-3-6-5-11-13(9)12-8(6)7/h2-4H,5H2,1H3. The second-order valence-electron chi connectivity index (χ2n) is 2.53. The number of hydrogen-bond donors (Lipinski definition) is 0. The minimum atomic E-state index is -1.31. The van der Waals surface area contributed by atoms with Crippen molar-refractivity contribution in [2.24, 2.45) is 0 Å². The lowest BCUT2D eigenvalue weighted by Crippen LogP contribution is -2.02. The summed E-state index contributed by atoms with van der Waals surface area (Å²) in [7, 11) is 0.294. The predicted molar refractivity (Wildman–Crippen MR) is 51.2 cm³/mol. The molecular weight excluding hydrogens is 211 g/mol. The minimum absolute atomic E-state index is 0.488. The lowest BCUT2D eigenvalue weighted by Gasteiger charge is -2.21. The fraction of sp³-hybridized carbons (Fsp3) is 0.250. The molecule has 0 amide bonds. The molecule has 3 nitrogen and oxygen atoms in total. The Kier molecular flexibility index (Phi) is 2.58. The first-order valence-corrected chi connectivity index (χ1v) is 5.82. The second kappa shape index (κ2) is 3.70. The average Bonchev–Trinajstić information content (AvgIpc) is 2.17. The van der Waals surface area contributed by atoms with Gasteiger partial charge in [0.05, 0.1) is 13.7 Å². The van der Waals surface area contributed by atoms with E-state index in [0.29, 0.717) is 18.1 Å². The summed E-state index contributed by atoms with van der Waals surface area (Å²) in [6, 6.07) is 5.66. The molecule has 0 fully saturated rings. The van der Waals surface area contributed by atoms with E-state index < -0.39 is 7.73 Å². The maximum absolute atomic E-state index is 5.74. The van der Waals surface area contributed by atoms with Crippen LogP contribution in [0.5, 0.6) is 11.5 Å². The molecule has 0 radical (unpaired) electrons. The van der Waals surface area contributed by atoms with Crippen molar-refractivity contribution in [2.75, 3.05) is 7.11 Å². The molecule has 1 aliphatic rings. The van der Waals surface area contributed by atoms with Crippen molar-refractivity contribution < 1.29 is 13.8 Å². The van der Waals surface area contributed by atoms with E-state index in [1.807, 2.05) is 18.2 Å². The molecule has 13 heavy (non-hydrogen) atoms. The molecule has 1 aliphatic heterocycles. The third-order valence-corrected chi connectivity index (χ3v) is 2.92. The van der Waals surface area contributed by atoms with E-state index in [2.05, 4.69) is 0 Å². The number of para-hydroxylation sites is 1. The van der Waals surface area contributed by atoms with Gasteiger partial charge >= 0.3 is 7.73 Å². The van der Waals surface area contributed by atoms with Crippen LogP contribution in [0.1, 0.15) is 5.56 Å². The smallest absolute Gasteiger partial charge is 0.338 e. The van der Waals surface area contributed by atoms with Gasteiger partial charge in [-0.25, -0.2) is 0 Å². The first-order valence-electron chi connectivity index (χ1n) is 3.74. The van der Waals surface area contributed by atoms with Gasteiger partial charge in [-0.3, -0.25) is 0 Å². The zero-order chi connectivity index (χ0) is 9.26. The van der Waals surface area contributed by atoms with Crippen molar-refractivity contribution in [1.29, 1.82) is 0 Å². The highest BCUT2D eigenvalue weighted by molar-refractivity contribution is 7.76. The molecule has 0 aromatic heterocycles. The van der Waals surface area contributed by atoms with Crippen molar-refractivity contribution in [1.82, 2.24) is 0 Å². The molecule has 1 aromatic rings. The molecule has 70 valence electrons. The number of methoxy groups -OCH3 is 1. The molecule has 0 N–H and O–H groups in total. The highest BCUT2D eigenvalue weighted by atomic mass is 35.7. The highest BCUT2D eigenvalue weighted by Crippen LogP contribution is 2.52. The van der Waals surface area contributed by atoms with Crippen LogP contribution >= 0.6 is 19.0 Å². The Balaban J connectivity index is 2.41. The lowest BCUT2D eigenvalue weighted by atomic mass is 10.2. The summed E-state index contributed by atoms with van der Waals surface area (Å²) in [4.78, 5) is 0. The van der Waals surface area contributed by atoms with Crippen molar-refractivity contribution >= 4 is 19.0 Å². The van der Waals surface area contributed by atoms with E-state index in [0.717, 1.165) is 5.56 Å². The van der Waals surface area contributed by atoms with Gasteiger partial charge in [0.2, 0.25) is 0 Å². The highest BCUT2D eigenvalue weighted by Gasteiger charge is 2.22. The number of ether oxygens (including phenoxy) is 1. The van der Waals surface area contributed by atoms with Crippen LogP contribution in [0.4, 0.5) is 0 Å². The third-order valence-electron chi connectivity index (χ3n) is 1.76. The van der Waals surface area contributed by atoms with Crippen LogP contribution in [-0.4, -0.2) is 7.11 Å². The second-order valence-corrected chi connectivity index (χ2v) is 4.22. The van der Waals surface area contributed by atoms with Crippen LogP contribution in [0.3, 0.4) is 0 Å². The summed E-state index contributed by atoms with van der Waals surface area (Å²) >= 11 is 5.74. The topological polar surface area (TPSA) is 27.7 Å². The van der Waals surface area contributed by atoms with Crippen LogP contribution in [0.15, 0.2) is 18.2 Å². The summed E-state index contributed by atoms with van der Waals surface area (Å²) in [5, 5.41) is 0. The van der Waals surface area contributed by atoms with E-state index in [-0.39, 0.29) is 0 Å². The monoisotopic (exact) mass is 218 g/mol. The number of fused-ring (bicyclic) bond motifs is 1. The SMILES string of the molecule is COc1cccc2c1OP(Cl)OC2. The van der Waals surface area contributed by atoms with Crippen LogP contribution in [0.2, 0.25) is 0 Å².